The molecule has 19 heavy (non-hydrogen) atoms. The molecule has 0 aliphatic carbocycles. The Morgan fingerprint density at radius 2 is 1.84 bits per heavy atom. The molecule has 1 heterocycles. The van der Waals surface area contributed by atoms with Crippen LogP contribution in [0.1, 0.15) is 64.9 Å². The van der Waals surface area contributed by atoms with Crippen LogP contribution in [0.5, 0.6) is 0 Å². The van der Waals surface area contributed by atoms with E-state index in [1.807, 2.05) is 20.8 Å². The lowest BCUT2D eigenvalue weighted by Gasteiger charge is -2.27. The second-order valence-electron chi connectivity index (χ2n) is 7.23. The third-order valence-electron chi connectivity index (χ3n) is 3.45. The first-order valence-electron chi connectivity index (χ1n) is 6.73. The topological polar surface area (TPSA) is 70.7 Å². The van der Waals surface area contributed by atoms with Crippen LogP contribution in [0.25, 0.3) is 0 Å². The van der Waals surface area contributed by atoms with Crippen LogP contribution < -0.4 is 5.32 Å². The predicted molar refractivity (Wildman–Crippen MR) is 76.0 cm³/mol. The Morgan fingerprint density at radius 1 is 1.26 bits per heavy atom. The maximum absolute atomic E-state index is 12.0. The average Bonchev–Trinajstić information content (AvgIpc) is 2.72. The Morgan fingerprint density at radius 3 is 2.26 bits per heavy atom. The van der Waals surface area contributed by atoms with E-state index in [2.05, 4.69) is 48.2 Å². The van der Waals surface area contributed by atoms with E-state index in [-0.39, 0.29) is 22.6 Å². The minimum Gasteiger partial charge on any atom is -0.349 e. The monoisotopic (exact) mass is 266 g/mol. The van der Waals surface area contributed by atoms with Crippen molar-refractivity contribution in [3.8, 4) is 0 Å². The van der Waals surface area contributed by atoms with E-state index in [1.165, 1.54) is 0 Å². The van der Waals surface area contributed by atoms with Crippen LogP contribution in [0, 0.1) is 11.3 Å². The molecule has 0 spiro atoms. The second-order valence-corrected chi connectivity index (χ2v) is 7.23. The van der Waals surface area contributed by atoms with Crippen LogP contribution in [-0.4, -0.2) is 27.6 Å². The number of nitrogens with zero attached hydrogens (tertiary/aromatic N) is 2. The summed E-state index contributed by atoms with van der Waals surface area (Å²) < 4.78 is 0. The van der Waals surface area contributed by atoms with Crippen molar-refractivity contribution in [2.75, 3.05) is 6.54 Å². The molecule has 5 nitrogen and oxygen atoms in total. The van der Waals surface area contributed by atoms with Gasteiger partial charge in [0.15, 0.2) is 0 Å². The summed E-state index contributed by atoms with van der Waals surface area (Å²) in [6.07, 6.45) is 0. The zero-order valence-electron chi connectivity index (χ0n) is 13.1. The molecule has 0 aromatic carbocycles. The number of carbonyl (C=O) groups excluding carboxylic acids is 1. The van der Waals surface area contributed by atoms with Gasteiger partial charge < -0.3 is 5.32 Å². The van der Waals surface area contributed by atoms with E-state index in [0.717, 1.165) is 5.82 Å². The fourth-order valence-electron chi connectivity index (χ4n) is 1.33. The maximum atomic E-state index is 12.0. The molecule has 1 unspecified atom stereocenters. The van der Waals surface area contributed by atoms with Crippen molar-refractivity contribution in [3.63, 3.8) is 0 Å². The summed E-state index contributed by atoms with van der Waals surface area (Å²) in [6.45, 7) is 15.3. The van der Waals surface area contributed by atoms with Gasteiger partial charge in [-0.3, -0.25) is 9.89 Å². The predicted octanol–water partition coefficient (Wildman–Crippen LogP) is 2.51. The number of amides is 1. The minimum absolute atomic E-state index is 0.135. The molecule has 1 aromatic heterocycles. The van der Waals surface area contributed by atoms with Gasteiger partial charge in [-0.2, -0.15) is 0 Å². The summed E-state index contributed by atoms with van der Waals surface area (Å²) in [5.74, 6) is 1.10. The fraction of sp³-hybridized carbons (Fsp3) is 0.786. The van der Waals surface area contributed by atoms with Crippen molar-refractivity contribution in [1.82, 2.24) is 20.5 Å². The van der Waals surface area contributed by atoms with Crippen molar-refractivity contribution in [3.05, 3.63) is 11.6 Å². The Bertz CT molecular complexity index is 437. The molecule has 1 aromatic rings. The molecule has 1 rings (SSSR count). The molecule has 1 atom stereocenters. The summed E-state index contributed by atoms with van der Waals surface area (Å²) in [7, 11) is 0. The summed E-state index contributed by atoms with van der Waals surface area (Å²) in [4.78, 5) is 16.2. The van der Waals surface area contributed by atoms with Crippen molar-refractivity contribution in [1.29, 1.82) is 0 Å². The maximum Gasteiger partial charge on any atom is 0.290 e. The van der Waals surface area contributed by atoms with Gasteiger partial charge in [0.25, 0.3) is 5.91 Å². The molecule has 0 aliphatic rings. The standard InChI is InChI=1S/C14H26N4O/c1-9(13(2,3)4)8-15-11(19)10-16-12(18-17-10)14(5,6)7/h9H,8H2,1-7H3,(H,15,19)(H,16,17,18). The summed E-state index contributed by atoms with van der Waals surface area (Å²) >= 11 is 0. The number of hydrogen-bond acceptors (Lipinski definition) is 3. The van der Waals surface area contributed by atoms with Gasteiger partial charge in [0.2, 0.25) is 5.82 Å². The number of aromatic amines is 1. The lowest BCUT2D eigenvalue weighted by Crippen LogP contribution is -2.34. The number of rotatable bonds is 3. The van der Waals surface area contributed by atoms with E-state index in [1.54, 1.807) is 0 Å². The fourth-order valence-corrected chi connectivity index (χ4v) is 1.33. The van der Waals surface area contributed by atoms with Crippen LogP contribution in [-0.2, 0) is 5.41 Å². The van der Waals surface area contributed by atoms with Gasteiger partial charge in [-0.15, -0.1) is 5.10 Å². The van der Waals surface area contributed by atoms with E-state index in [0.29, 0.717) is 12.5 Å². The van der Waals surface area contributed by atoms with Gasteiger partial charge in [0, 0.05) is 12.0 Å². The van der Waals surface area contributed by atoms with E-state index in [9.17, 15) is 4.79 Å². The van der Waals surface area contributed by atoms with Crippen molar-refractivity contribution in [2.24, 2.45) is 11.3 Å². The third kappa shape index (κ3) is 4.33. The van der Waals surface area contributed by atoms with Crippen LogP contribution in [0.15, 0.2) is 0 Å². The number of nitrogens with one attached hydrogen (secondary N) is 2. The highest BCUT2D eigenvalue weighted by atomic mass is 16.2. The van der Waals surface area contributed by atoms with Gasteiger partial charge in [-0.05, 0) is 11.3 Å². The number of H-pyrrole nitrogens is 1. The lowest BCUT2D eigenvalue weighted by atomic mass is 9.82. The molecular formula is C14H26N4O. The third-order valence-corrected chi connectivity index (χ3v) is 3.45. The average molecular weight is 266 g/mol. The highest BCUT2D eigenvalue weighted by Gasteiger charge is 2.23. The SMILES string of the molecule is CC(CNC(=O)c1n[nH]c(C(C)(C)C)n1)C(C)(C)C. The molecule has 2 N–H and O–H groups in total. The van der Waals surface area contributed by atoms with E-state index < -0.39 is 0 Å². The zero-order chi connectivity index (χ0) is 14.8. The Balaban J connectivity index is 2.62. The molecule has 0 saturated carbocycles. The molecule has 0 fully saturated rings. The quantitative estimate of drug-likeness (QED) is 0.883. The first-order chi connectivity index (χ1) is 8.51. The van der Waals surface area contributed by atoms with Crippen molar-refractivity contribution < 1.29 is 4.79 Å². The number of aromatic nitrogens is 3. The molecule has 0 saturated heterocycles. The normalized spacial score (nSPS) is 14.3. The first kappa shape index (κ1) is 15.7. The molecule has 5 heteroatoms. The van der Waals surface area contributed by atoms with Crippen LogP contribution in [0.2, 0.25) is 0 Å². The lowest BCUT2D eigenvalue weighted by molar-refractivity contribution is 0.0927. The first-order valence-corrected chi connectivity index (χ1v) is 6.73. The van der Waals surface area contributed by atoms with Crippen molar-refractivity contribution in [2.45, 2.75) is 53.9 Å². The van der Waals surface area contributed by atoms with Crippen LogP contribution in [0.4, 0.5) is 0 Å². The molecule has 1 amide bonds. The molecule has 108 valence electrons. The van der Waals surface area contributed by atoms with Crippen LogP contribution >= 0.6 is 0 Å². The smallest absolute Gasteiger partial charge is 0.290 e. The summed E-state index contributed by atoms with van der Waals surface area (Å²) in [5.41, 5.74) is 0.0348. The minimum atomic E-state index is -0.220. The summed E-state index contributed by atoms with van der Waals surface area (Å²) in [6, 6.07) is 0. The Labute approximate surface area is 115 Å². The Kier molecular flexibility index (Phi) is 4.38. The van der Waals surface area contributed by atoms with E-state index in [4.69, 9.17) is 0 Å². The highest BCUT2D eigenvalue weighted by molar-refractivity contribution is 5.90. The summed E-state index contributed by atoms with van der Waals surface area (Å²) in [5, 5.41) is 9.68. The molecule has 0 bridgehead atoms. The molecular weight excluding hydrogens is 240 g/mol. The van der Waals surface area contributed by atoms with Gasteiger partial charge in [-0.25, -0.2) is 4.98 Å². The highest BCUT2D eigenvalue weighted by Crippen LogP contribution is 2.24. The van der Waals surface area contributed by atoms with Gasteiger partial charge in [0.1, 0.15) is 5.82 Å². The van der Waals surface area contributed by atoms with Gasteiger partial charge >= 0.3 is 0 Å². The van der Waals surface area contributed by atoms with Gasteiger partial charge in [0.05, 0.1) is 0 Å². The Hall–Kier alpha value is -1.39. The second kappa shape index (κ2) is 5.31. The van der Waals surface area contributed by atoms with Crippen molar-refractivity contribution >= 4 is 5.91 Å². The van der Waals surface area contributed by atoms with Crippen LogP contribution in [0.3, 0.4) is 0 Å². The number of hydrogen-bond donors (Lipinski definition) is 2. The zero-order valence-corrected chi connectivity index (χ0v) is 13.1. The number of carbonyl (C=O) groups is 1. The van der Waals surface area contributed by atoms with E-state index >= 15 is 0 Å². The molecule has 0 aliphatic heterocycles. The molecule has 0 radical (unpaired) electrons. The van der Waals surface area contributed by atoms with Gasteiger partial charge in [-0.1, -0.05) is 48.5 Å². The largest absolute Gasteiger partial charge is 0.349 e.